The second-order valence-electron chi connectivity index (χ2n) is 17.1. The van der Waals surface area contributed by atoms with Gasteiger partial charge in [0, 0.05) is 19.3 Å². The number of allylic oxidation sites excluding steroid dienone is 10. The smallest absolute Gasteiger partial charge is 0.306 e. The van der Waals surface area contributed by atoms with Crippen molar-refractivity contribution in [2.75, 3.05) is 13.2 Å². The van der Waals surface area contributed by atoms with Crippen LogP contribution in [0.15, 0.2) is 60.8 Å². The van der Waals surface area contributed by atoms with Crippen molar-refractivity contribution in [3.05, 3.63) is 60.8 Å². The fourth-order valence-corrected chi connectivity index (χ4v) is 7.15. The second-order valence-corrected chi connectivity index (χ2v) is 17.1. The molecule has 0 aromatic rings. The molecule has 0 fully saturated rings. The van der Waals surface area contributed by atoms with Gasteiger partial charge in [-0.05, 0) is 83.5 Å². The monoisotopic (exact) mass is 853 g/mol. The number of ether oxygens (including phenoxy) is 3. The van der Waals surface area contributed by atoms with Crippen molar-refractivity contribution in [3.63, 3.8) is 0 Å². The molecule has 1 atom stereocenters. The van der Waals surface area contributed by atoms with E-state index in [4.69, 9.17) is 14.2 Å². The lowest BCUT2D eigenvalue weighted by Gasteiger charge is -2.18. The predicted octanol–water partition coefficient (Wildman–Crippen LogP) is 16.9. The van der Waals surface area contributed by atoms with E-state index in [0.29, 0.717) is 25.7 Å². The molecule has 6 heteroatoms. The van der Waals surface area contributed by atoms with E-state index in [-0.39, 0.29) is 31.1 Å². The first-order chi connectivity index (χ1) is 30.0. The molecule has 0 aliphatic heterocycles. The molecule has 0 amide bonds. The van der Waals surface area contributed by atoms with Crippen molar-refractivity contribution in [2.24, 2.45) is 0 Å². The van der Waals surface area contributed by atoms with E-state index in [1.807, 2.05) is 0 Å². The summed E-state index contributed by atoms with van der Waals surface area (Å²) in [5.74, 6) is -0.940. The van der Waals surface area contributed by atoms with Gasteiger partial charge in [-0.3, -0.25) is 14.4 Å². The first-order valence-corrected chi connectivity index (χ1v) is 25.8. The van der Waals surface area contributed by atoms with Crippen LogP contribution < -0.4 is 0 Å². The van der Waals surface area contributed by atoms with Crippen LogP contribution in [0.3, 0.4) is 0 Å². The minimum atomic E-state index is -0.791. The average molecular weight is 853 g/mol. The molecule has 0 aromatic heterocycles. The molecule has 0 aromatic carbocycles. The Bertz CT molecular complexity index is 1120. The van der Waals surface area contributed by atoms with Crippen LogP contribution in [-0.2, 0) is 28.6 Å². The van der Waals surface area contributed by atoms with Gasteiger partial charge in [-0.25, -0.2) is 0 Å². The van der Waals surface area contributed by atoms with E-state index in [2.05, 4.69) is 81.5 Å². The largest absolute Gasteiger partial charge is 0.462 e. The number of hydrogen-bond donors (Lipinski definition) is 0. The molecule has 0 saturated heterocycles. The minimum absolute atomic E-state index is 0.0897. The Kier molecular flexibility index (Phi) is 47.4. The third-order valence-corrected chi connectivity index (χ3v) is 11.0. The summed E-state index contributed by atoms with van der Waals surface area (Å²) in [5, 5.41) is 0. The van der Waals surface area contributed by atoms with Crippen molar-refractivity contribution >= 4 is 17.9 Å². The van der Waals surface area contributed by atoms with E-state index in [0.717, 1.165) is 64.2 Å². The molecule has 0 saturated carbocycles. The number of esters is 3. The molecule has 0 aliphatic carbocycles. The highest BCUT2D eigenvalue weighted by atomic mass is 16.6. The summed E-state index contributed by atoms with van der Waals surface area (Å²) in [4.78, 5) is 37.9. The Balaban J connectivity index is 4.33. The molecule has 0 aliphatic rings. The molecule has 0 rings (SSSR count). The molecule has 61 heavy (non-hydrogen) atoms. The molecule has 0 bridgehead atoms. The molecule has 1 unspecified atom stereocenters. The summed E-state index contributed by atoms with van der Waals surface area (Å²) in [6.07, 6.45) is 60.8. The SMILES string of the molecule is CC\C=C/C=C\C=C/CCCCCCCCCC(=O)OC(COC(=O)CCC/C=C\CCCCCC)COC(=O)CCCCCCCCC/C=C\CCCCCCCCCC. The summed E-state index contributed by atoms with van der Waals surface area (Å²) in [7, 11) is 0. The van der Waals surface area contributed by atoms with Crippen molar-refractivity contribution in [3.8, 4) is 0 Å². The van der Waals surface area contributed by atoms with Gasteiger partial charge in [0.05, 0.1) is 0 Å². The molecule has 0 heterocycles. The van der Waals surface area contributed by atoms with E-state index in [1.165, 1.54) is 141 Å². The van der Waals surface area contributed by atoms with E-state index in [1.54, 1.807) is 0 Å². The zero-order valence-corrected chi connectivity index (χ0v) is 40.2. The summed E-state index contributed by atoms with van der Waals surface area (Å²) >= 11 is 0. The third kappa shape index (κ3) is 48.0. The average Bonchev–Trinajstić information content (AvgIpc) is 3.26. The highest BCUT2D eigenvalue weighted by Crippen LogP contribution is 2.14. The molecule has 352 valence electrons. The topological polar surface area (TPSA) is 78.9 Å². The zero-order valence-electron chi connectivity index (χ0n) is 40.2. The van der Waals surface area contributed by atoms with Crippen LogP contribution in [0.5, 0.6) is 0 Å². The molecule has 0 N–H and O–H groups in total. The fraction of sp³-hybridized carbons (Fsp3) is 0.764. The first-order valence-electron chi connectivity index (χ1n) is 25.8. The summed E-state index contributed by atoms with van der Waals surface area (Å²) in [6.45, 7) is 6.44. The number of hydrogen-bond acceptors (Lipinski definition) is 6. The highest BCUT2D eigenvalue weighted by Gasteiger charge is 2.19. The van der Waals surface area contributed by atoms with Gasteiger partial charge in [0.25, 0.3) is 0 Å². The van der Waals surface area contributed by atoms with Gasteiger partial charge in [0.1, 0.15) is 13.2 Å². The van der Waals surface area contributed by atoms with Crippen LogP contribution in [0.2, 0.25) is 0 Å². The number of unbranched alkanes of at least 4 members (excludes halogenated alkanes) is 27. The lowest BCUT2D eigenvalue weighted by atomic mass is 10.1. The molecule has 0 spiro atoms. The van der Waals surface area contributed by atoms with Crippen molar-refractivity contribution < 1.29 is 28.6 Å². The van der Waals surface area contributed by atoms with Gasteiger partial charge < -0.3 is 14.2 Å². The van der Waals surface area contributed by atoms with Gasteiger partial charge >= 0.3 is 17.9 Å². The van der Waals surface area contributed by atoms with Crippen LogP contribution in [0.4, 0.5) is 0 Å². The lowest BCUT2D eigenvalue weighted by molar-refractivity contribution is -0.167. The van der Waals surface area contributed by atoms with Crippen LogP contribution in [-0.4, -0.2) is 37.2 Å². The molecular weight excluding hydrogens is 757 g/mol. The first kappa shape index (κ1) is 58.1. The van der Waals surface area contributed by atoms with Gasteiger partial charge in [-0.1, -0.05) is 210 Å². The Morgan fingerprint density at radius 2 is 0.672 bits per heavy atom. The standard InChI is InChI=1S/C55H96O6/c1-4-7-10-13-16-19-21-23-25-26-27-28-30-31-33-36-39-42-45-48-54(57)60-51-52(50-59-53(56)47-44-41-38-35-18-15-12-9-6-3)61-55(58)49-46-43-40-37-34-32-29-24-22-20-17-14-11-8-5-2/h8,11,14,17,20,22,26-27,35,38,52H,4-7,9-10,12-13,15-16,18-19,21,23-25,28-34,36-37,39-51H2,1-3H3/b11-8-,17-14-,22-20-,27-26-,38-35-. The summed E-state index contributed by atoms with van der Waals surface area (Å²) in [5.41, 5.74) is 0. The Morgan fingerprint density at radius 3 is 1.11 bits per heavy atom. The van der Waals surface area contributed by atoms with Gasteiger partial charge in [-0.15, -0.1) is 0 Å². The summed E-state index contributed by atoms with van der Waals surface area (Å²) in [6, 6.07) is 0. The minimum Gasteiger partial charge on any atom is -0.462 e. The number of carbonyl (C=O) groups excluding carboxylic acids is 3. The van der Waals surface area contributed by atoms with Crippen molar-refractivity contribution in [2.45, 2.75) is 258 Å². The van der Waals surface area contributed by atoms with Gasteiger partial charge in [0.15, 0.2) is 6.10 Å². The highest BCUT2D eigenvalue weighted by molar-refractivity contribution is 5.71. The quantitative estimate of drug-likeness (QED) is 0.0200. The van der Waals surface area contributed by atoms with Crippen molar-refractivity contribution in [1.29, 1.82) is 0 Å². The molecular formula is C55H96O6. The van der Waals surface area contributed by atoms with Crippen LogP contribution >= 0.6 is 0 Å². The molecule has 0 radical (unpaired) electrons. The van der Waals surface area contributed by atoms with E-state index in [9.17, 15) is 14.4 Å². The Morgan fingerprint density at radius 1 is 0.344 bits per heavy atom. The predicted molar refractivity (Wildman–Crippen MR) is 261 cm³/mol. The lowest BCUT2D eigenvalue weighted by Crippen LogP contribution is -2.30. The maximum atomic E-state index is 12.8. The zero-order chi connectivity index (χ0) is 44.4. The van der Waals surface area contributed by atoms with Crippen LogP contribution in [0.25, 0.3) is 0 Å². The third-order valence-electron chi connectivity index (χ3n) is 11.0. The van der Waals surface area contributed by atoms with Gasteiger partial charge in [-0.2, -0.15) is 0 Å². The van der Waals surface area contributed by atoms with Crippen LogP contribution in [0.1, 0.15) is 252 Å². The summed E-state index contributed by atoms with van der Waals surface area (Å²) < 4.78 is 16.7. The number of rotatable bonds is 46. The van der Waals surface area contributed by atoms with Crippen LogP contribution in [0, 0.1) is 0 Å². The van der Waals surface area contributed by atoms with Crippen molar-refractivity contribution in [1.82, 2.24) is 0 Å². The maximum Gasteiger partial charge on any atom is 0.306 e. The van der Waals surface area contributed by atoms with E-state index < -0.39 is 6.10 Å². The Labute approximate surface area is 377 Å². The van der Waals surface area contributed by atoms with E-state index >= 15 is 0 Å². The Hall–Kier alpha value is -2.89. The molecule has 6 nitrogen and oxygen atoms in total. The maximum absolute atomic E-state index is 12.8. The second kappa shape index (κ2) is 49.8. The number of carbonyl (C=O) groups is 3. The fourth-order valence-electron chi connectivity index (χ4n) is 7.15. The van der Waals surface area contributed by atoms with Gasteiger partial charge in [0.2, 0.25) is 0 Å². The normalized spacial score (nSPS) is 12.5.